The second-order valence-electron chi connectivity index (χ2n) is 7.20. The van der Waals surface area contributed by atoms with E-state index in [0.29, 0.717) is 0 Å². The van der Waals surface area contributed by atoms with E-state index in [0.717, 1.165) is 28.3 Å². The first-order valence-electron chi connectivity index (χ1n) is 9.86. The highest BCUT2D eigenvalue weighted by Gasteiger charge is 2.24. The Morgan fingerprint density at radius 2 is 1.67 bits per heavy atom. The van der Waals surface area contributed by atoms with Gasteiger partial charge in [-0.25, -0.2) is 0 Å². The molecular weight excluding hydrogens is 333 g/mol. The quantitative estimate of drug-likeness (QED) is 0.680. The third-order valence-electron chi connectivity index (χ3n) is 5.20. The van der Waals surface area contributed by atoms with Gasteiger partial charge in [0.2, 0.25) is 0 Å². The molecule has 1 saturated carbocycles. The van der Waals surface area contributed by atoms with Crippen LogP contribution in [0.1, 0.15) is 82.5 Å². The minimum atomic E-state index is 0.816. The molecule has 2 aliphatic rings. The van der Waals surface area contributed by atoms with Crippen LogP contribution in [0.15, 0.2) is 0 Å². The van der Waals surface area contributed by atoms with E-state index >= 15 is 0 Å². The van der Waals surface area contributed by atoms with E-state index in [1.165, 1.54) is 75.6 Å². The van der Waals surface area contributed by atoms with Gasteiger partial charge in [0.25, 0.3) is 7.41 Å². The Morgan fingerprint density at radius 3 is 2.38 bits per heavy atom. The van der Waals surface area contributed by atoms with Crippen molar-refractivity contribution in [3.63, 3.8) is 0 Å². The largest absolute Gasteiger partial charge is 0.300 e. The van der Waals surface area contributed by atoms with Crippen LogP contribution in [-0.4, -0.2) is 32.8 Å². The fourth-order valence-corrected chi connectivity index (χ4v) is 6.52. The molecule has 1 radical (unpaired) electrons. The van der Waals surface area contributed by atoms with Gasteiger partial charge in [-0.1, -0.05) is 63.4 Å². The van der Waals surface area contributed by atoms with Crippen LogP contribution in [0, 0.1) is 0 Å². The minimum absolute atomic E-state index is 0.816. The lowest BCUT2D eigenvalue weighted by molar-refractivity contribution is 0.587. The summed E-state index contributed by atoms with van der Waals surface area (Å²) in [6.45, 7) is 2.22. The Bertz CT molecular complexity index is 495. The summed E-state index contributed by atoms with van der Waals surface area (Å²) in [7, 11) is 2.22. The van der Waals surface area contributed by atoms with Gasteiger partial charge in [0.15, 0.2) is 0 Å². The van der Waals surface area contributed by atoms with Crippen LogP contribution in [0.5, 0.6) is 0 Å². The number of nitrogens with zero attached hydrogens (tertiary/aromatic N) is 3. The van der Waals surface area contributed by atoms with Crippen LogP contribution in [0.4, 0.5) is 0 Å². The fourth-order valence-electron chi connectivity index (χ4n) is 3.68. The van der Waals surface area contributed by atoms with E-state index in [9.17, 15) is 0 Å². The van der Waals surface area contributed by atoms with Crippen LogP contribution in [-0.2, 0) is 11.5 Å². The van der Waals surface area contributed by atoms with Crippen LogP contribution in [0.25, 0.3) is 0 Å². The SMILES string of the molecule is CCC[B]n1nnc2c1CSC1CCCCCCCCC(C1)SC2. The first-order valence-corrected chi connectivity index (χ1v) is 12.0. The van der Waals surface area contributed by atoms with Crippen molar-refractivity contribution in [1.82, 2.24) is 14.9 Å². The first-order chi connectivity index (χ1) is 11.9. The molecule has 3 rings (SSSR count). The van der Waals surface area contributed by atoms with Crippen molar-refractivity contribution in [2.45, 2.75) is 99.5 Å². The van der Waals surface area contributed by atoms with Gasteiger partial charge in [-0.15, -0.1) is 5.10 Å². The number of thioether (sulfide) groups is 2. The molecule has 2 heterocycles. The van der Waals surface area contributed by atoms with Gasteiger partial charge in [-0.05, 0) is 19.3 Å². The molecule has 133 valence electrons. The molecule has 2 bridgehead atoms. The summed E-state index contributed by atoms with van der Waals surface area (Å²) in [4.78, 5) is 0. The average molecular weight is 364 g/mol. The number of hydrogen-bond donors (Lipinski definition) is 0. The van der Waals surface area contributed by atoms with Gasteiger partial charge in [0, 0.05) is 22.0 Å². The van der Waals surface area contributed by atoms with E-state index in [-0.39, 0.29) is 0 Å². The average Bonchev–Trinajstić information content (AvgIpc) is 2.98. The zero-order valence-electron chi connectivity index (χ0n) is 15.1. The van der Waals surface area contributed by atoms with E-state index in [4.69, 9.17) is 0 Å². The monoisotopic (exact) mass is 364 g/mol. The summed E-state index contributed by atoms with van der Waals surface area (Å²) in [5.41, 5.74) is 2.59. The predicted molar refractivity (Wildman–Crippen MR) is 108 cm³/mol. The number of fused-ring (bicyclic) bond motifs is 3. The summed E-state index contributed by atoms with van der Waals surface area (Å²) < 4.78 is 2.08. The van der Waals surface area contributed by atoms with E-state index in [2.05, 4.69) is 52.8 Å². The molecule has 1 aliphatic heterocycles. The maximum atomic E-state index is 4.51. The van der Waals surface area contributed by atoms with E-state index in [1.54, 1.807) is 0 Å². The Balaban J connectivity index is 1.71. The van der Waals surface area contributed by atoms with Crippen LogP contribution >= 0.6 is 23.5 Å². The molecule has 1 fully saturated rings. The summed E-state index contributed by atoms with van der Waals surface area (Å²) >= 11 is 4.32. The van der Waals surface area contributed by atoms with Crippen LogP contribution in [0.2, 0.25) is 6.32 Å². The van der Waals surface area contributed by atoms with Gasteiger partial charge in [-0.3, -0.25) is 4.59 Å². The highest BCUT2D eigenvalue weighted by atomic mass is 32.2. The van der Waals surface area contributed by atoms with Gasteiger partial charge in [-0.2, -0.15) is 23.5 Å². The lowest BCUT2D eigenvalue weighted by Crippen LogP contribution is -2.14. The summed E-state index contributed by atoms with van der Waals surface area (Å²) in [6, 6.07) is 0. The molecule has 2 unspecified atom stereocenters. The number of aromatic nitrogens is 3. The van der Waals surface area contributed by atoms with Gasteiger partial charge >= 0.3 is 0 Å². The summed E-state index contributed by atoms with van der Waals surface area (Å²) in [5, 5.41) is 10.6. The summed E-state index contributed by atoms with van der Waals surface area (Å²) in [6.07, 6.45) is 15.0. The van der Waals surface area contributed by atoms with Gasteiger partial charge in [0.05, 0.1) is 11.4 Å². The smallest absolute Gasteiger partial charge is 0.282 e. The zero-order chi connectivity index (χ0) is 16.6. The lowest BCUT2D eigenvalue weighted by Gasteiger charge is -2.21. The second kappa shape index (κ2) is 10.2. The van der Waals surface area contributed by atoms with Crippen molar-refractivity contribution < 1.29 is 0 Å². The highest BCUT2D eigenvalue weighted by Crippen LogP contribution is 2.36. The minimum Gasteiger partial charge on any atom is -0.300 e. The highest BCUT2D eigenvalue weighted by molar-refractivity contribution is 8.00. The van der Waals surface area contributed by atoms with Crippen LogP contribution < -0.4 is 0 Å². The van der Waals surface area contributed by atoms with Crippen molar-refractivity contribution in [2.24, 2.45) is 0 Å². The molecule has 3 nitrogen and oxygen atoms in total. The van der Waals surface area contributed by atoms with Crippen molar-refractivity contribution in [2.75, 3.05) is 0 Å². The van der Waals surface area contributed by atoms with Crippen molar-refractivity contribution in [1.29, 1.82) is 0 Å². The summed E-state index contributed by atoms with van der Waals surface area (Å²) in [5.74, 6) is 2.13. The Morgan fingerprint density at radius 1 is 1.00 bits per heavy atom. The molecule has 24 heavy (non-hydrogen) atoms. The van der Waals surface area contributed by atoms with Crippen molar-refractivity contribution in [3.05, 3.63) is 11.4 Å². The fraction of sp³-hybridized carbons (Fsp3) is 0.889. The standard InChI is InChI=1S/C18H31BN3S2/c1-2-11-19-22-18-14-24-16-10-8-6-4-3-5-7-9-15(12-16)23-13-17(18)20-21-22/h15-16H,2-14H2,1H3. The molecule has 0 spiro atoms. The van der Waals surface area contributed by atoms with Crippen molar-refractivity contribution >= 4 is 30.9 Å². The van der Waals surface area contributed by atoms with E-state index < -0.39 is 0 Å². The molecule has 1 aromatic rings. The van der Waals surface area contributed by atoms with Gasteiger partial charge < -0.3 is 0 Å². The third-order valence-corrected chi connectivity index (χ3v) is 7.88. The Hall–Kier alpha value is -0.0951. The molecule has 1 aromatic heterocycles. The molecule has 0 N–H and O–H groups in total. The second-order valence-corrected chi connectivity index (χ2v) is 9.78. The predicted octanol–water partition coefficient (Wildman–Crippen LogP) is 5.32. The van der Waals surface area contributed by atoms with Crippen LogP contribution in [0.3, 0.4) is 0 Å². The molecular formula is C18H31BN3S2. The van der Waals surface area contributed by atoms with E-state index in [1.807, 2.05) is 0 Å². The molecule has 0 amide bonds. The lowest BCUT2D eigenvalue weighted by atomic mass is 9.87. The van der Waals surface area contributed by atoms with Crippen molar-refractivity contribution in [3.8, 4) is 0 Å². The van der Waals surface area contributed by atoms with Gasteiger partial charge in [0.1, 0.15) is 0 Å². The molecule has 0 aromatic carbocycles. The third kappa shape index (κ3) is 5.45. The normalized spacial score (nSPS) is 26.4. The molecule has 1 aliphatic carbocycles. The topological polar surface area (TPSA) is 30.7 Å². The maximum absolute atomic E-state index is 4.51. The Kier molecular flexibility index (Phi) is 7.90. The molecule has 6 heteroatoms. The number of rotatable bonds is 3. The Labute approximate surface area is 156 Å². The zero-order valence-corrected chi connectivity index (χ0v) is 16.7. The maximum Gasteiger partial charge on any atom is 0.282 e. The first kappa shape index (κ1) is 18.7. The number of hydrogen-bond acceptors (Lipinski definition) is 4. The molecule has 2 atom stereocenters. The molecule has 0 saturated heterocycles.